The fourth-order valence-corrected chi connectivity index (χ4v) is 4.26. The molecule has 0 spiro atoms. The number of hydrogen-bond donors (Lipinski definition) is 0. The lowest BCUT2D eigenvalue weighted by molar-refractivity contribution is 0.102. The van der Waals surface area contributed by atoms with Gasteiger partial charge in [0.05, 0.1) is 25.8 Å². The Bertz CT molecular complexity index is 1150. The predicted octanol–water partition coefficient (Wildman–Crippen LogP) is 4.29. The van der Waals surface area contributed by atoms with Crippen LogP contribution in [0.2, 0.25) is 0 Å². The minimum absolute atomic E-state index is 0.0972. The zero-order valence-electron chi connectivity index (χ0n) is 17.1. The highest BCUT2D eigenvalue weighted by molar-refractivity contribution is 6.13. The largest absolute Gasteiger partial charge is 0.497 e. The summed E-state index contributed by atoms with van der Waals surface area (Å²) in [5.41, 5.74) is 4.63. The molecule has 1 fully saturated rings. The van der Waals surface area contributed by atoms with Crippen LogP contribution < -0.4 is 9.64 Å². The fourth-order valence-electron chi connectivity index (χ4n) is 4.26. The highest BCUT2D eigenvalue weighted by Crippen LogP contribution is 2.32. The summed E-state index contributed by atoms with van der Waals surface area (Å²) in [5, 5.41) is 1.08. The van der Waals surface area contributed by atoms with Crippen molar-refractivity contribution in [1.29, 1.82) is 0 Å². The lowest BCUT2D eigenvalue weighted by Crippen LogP contribution is -2.37. The second-order valence-corrected chi connectivity index (χ2v) is 7.72. The number of rotatable bonds is 3. The molecular formula is C25H24N2O3. The molecule has 0 atom stereocenters. The Morgan fingerprint density at radius 2 is 1.90 bits per heavy atom. The third-order valence-electron chi connectivity index (χ3n) is 5.89. The Morgan fingerprint density at radius 3 is 2.73 bits per heavy atom. The zero-order valence-corrected chi connectivity index (χ0v) is 17.1. The van der Waals surface area contributed by atoms with Crippen molar-refractivity contribution in [3.8, 4) is 5.75 Å². The van der Waals surface area contributed by atoms with Gasteiger partial charge in [-0.05, 0) is 54.8 Å². The maximum absolute atomic E-state index is 13.2. The van der Waals surface area contributed by atoms with Crippen LogP contribution in [0.4, 0.5) is 5.82 Å². The second kappa shape index (κ2) is 7.92. The Kier molecular flexibility index (Phi) is 4.97. The first-order chi connectivity index (χ1) is 14.7. The first kappa shape index (κ1) is 18.8. The molecule has 2 aliphatic rings. The van der Waals surface area contributed by atoms with Crippen molar-refractivity contribution in [3.63, 3.8) is 0 Å². The second-order valence-electron chi connectivity index (χ2n) is 7.72. The molecule has 2 heterocycles. The minimum atomic E-state index is 0.0972. The fraction of sp³-hybridized carbons (Fsp3) is 0.280. The topological polar surface area (TPSA) is 51.7 Å². The molecule has 1 aliphatic carbocycles. The van der Waals surface area contributed by atoms with Gasteiger partial charge in [-0.25, -0.2) is 4.98 Å². The van der Waals surface area contributed by atoms with Crippen LogP contribution in [0.5, 0.6) is 5.75 Å². The van der Waals surface area contributed by atoms with E-state index in [4.69, 9.17) is 14.5 Å². The SMILES string of the molecule is COc1ccc2c(c1)CC/C(=C/c1cc3ccccc3nc1N1CCOCC1)C2=O. The molecule has 0 unspecified atom stereocenters. The number of nitrogens with zero attached hydrogens (tertiary/aromatic N) is 2. The number of Topliss-reactive ketones (excluding diaryl/α,β-unsaturated/α-hetero) is 1. The summed E-state index contributed by atoms with van der Waals surface area (Å²) in [6.07, 6.45) is 3.59. The van der Waals surface area contributed by atoms with Gasteiger partial charge in [0.1, 0.15) is 11.6 Å². The Morgan fingerprint density at radius 1 is 1.07 bits per heavy atom. The number of pyridine rings is 1. The number of ketones is 1. The van der Waals surface area contributed by atoms with Crippen molar-refractivity contribution in [1.82, 2.24) is 4.98 Å². The van der Waals surface area contributed by atoms with Gasteiger partial charge in [0.25, 0.3) is 0 Å². The number of para-hydroxylation sites is 1. The summed E-state index contributed by atoms with van der Waals surface area (Å²) >= 11 is 0. The van der Waals surface area contributed by atoms with Crippen LogP contribution in [0.25, 0.3) is 17.0 Å². The molecule has 3 aromatic rings. The van der Waals surface area contributed by atoms with Crippen molar-refractivity contribution in [2.45, 2.75) is 12.8 Å². The smallest absolute Gasteiger partial charge is 0.189 e. The summed E-state index contributed by atoms with van der Waals surface area (Å²) in [6, 6.07) is 16.0. The number of carbonyl (C=O) groups excluding carboxylic acids is 1. The monoisotopic (exact) mass is 400 g/mol. The van der Waals surface area contributed by atoms with E-state index in [1.807, 2.05) is 42.5 Å². The number of aryl methyl sites for hydroxylation is 1. The molecule has 1 aliphatic heterocycles. The third-order valence-corrected chi connectivity index (χ3v) is 5.89. The minimum Gasteiger partial charge on any atom is -0.497 e. The van der Waals surface area contributed by atoms with Crippen molar-refractivity contribution < 1.29 is 14.3 Å². The molecule has 0 N–H and O–H groups in total. The standard InChI is InChI=1S/C25H24N2O3/c1-29-21-8-9-22-17(16-21)6-7-19(24(22)28)15-20-14-18-4-2-3-5-23(18)26-25(20)27-10-12-30-13-11-27/h2-5,8-9,14-16H,6-7,10-13H2,1H3/b19-15-. The Balaban J connectivity index is 1.58. The number of allylic oxidation sites excluding steroid dienone is 1. The summed E-state index contributed by atoms with van der Waals surface area (Å²) in [5.74, 6) is 1.82. The lowest BCUT2D eigenvalue weighted by Gasteiger charge is -2.29. The van der Waals surface area contributed by atoms with Crippen molar-refractivity contribution >= 4 is 28.6 Å². The Hall–Kier alpha value is -3.18. The molecule has 0 saturated carbocycles. The van der Waals surface area contributed by atoms with Gasteiger partial charge in [0, 0.05) is 35.2 Å². The van der Waals surface area contributed by atoms with E-state index < -0.39 is 0 Å². The molecule has 5 nitrogen and oxygen atoms in total. The average molecular weight is 400 g/mol. The van der Waals surface area contributed by atoms with Gasteiger partial charge in [-0.1, -0.05) is 18.2 Å². The van der Waals surface area contributed by atoms with E-state index in [1.165, 1.54) is 0 Å². The zero-order chi connectivity index (χ0) is 20.5. The molecule has 1 saturated heterocycles. The molecule has 0 amide bonds. The number of fused-ring (bicyclic) bond motifs is 2. The van der Waals surface area contributed by atoms with Crippen LogP contribution in [0.1, 0.15) is 27.9 Å². The van der Waals surface area contributed by atoms with Crippen LogP contribution in [0.15, 0.2) is 54.1 Å². The maximum Gasteiger partial charge on any atom is 0.189 e. The molecule has 2 aromatic carbocycles. The molecule has 152 valence electrons. The molecular weight excluding hydrogens is 376 g/mol. The number of aromatic nitrogens is 1. The summed E-state index contributed by atoms with van der Waals surface area (Å²) < 4.78 is 10.8. The van der Waals surface area contributed by atoms with Crippen molar-refractivity contribution in [2.24, 2.45) is 0 Å². The van der Waals surface area contributed by atoms with Gasteiger partial charge in [-0.2, -0.15) is 0 Å². The highest BCUT2D eigenvalue weighted by Gasteiger charge is 2.24. The van der Waals surface area contributed by atoms with Crippen LogP contribution in [0.3, 0.4) is 0 Å². The van der Waals surface area contributed by atoms with E-state index in [9.17, 15) is 4.79 Å². The first-order valence-corrected chi connectivity index (χ1v) is 10.4. The molecule has 1 aromatic heterocycles. The number of morpholine rings is 1. The quantitative estimate of drug-likeness (QED) is 0.614. The van der Waals surface area contributed by atoms with Gasteiger partial charge in [-0.3, -0.25) is 4.79 Å². The van der Waals surface area contributed by atoms with Gasteiger partial charge in [0.2, 0.25) is 0 Å². The molecule has 30 heavy (non-hydrogen) atoms. The van der Waals surface area contributed by atoms with E-state index in [-0.39, 0.29) is 5.78 Å². The molecule has 0 radical (unpaired) electrons. The number of carbonyl (C=O) groups is 1. The van der Waals surface area contributed by atoms with E-state index in [0.29, 0.717) is 19.6 Å². The average Bonchev–Trinajstić information content (AvgIpc) is 2.80. The normalized spacial score (nSPS) is 18.0. The van der Waals surface area contributed by atoms with E-state index in [0.717, 1.165) is 64.2 Å². The summed E-state index contributed by atoms with van der Waals surface area (Å²) in [7, 11) is 1.65. The van der Waals surface area contributed by atoms with Gasteiger partial charge >= 0.3 is 0 Å². The van der Waals surface area contributed by atoms with Crippen LogP contribution in [0, 0.1) is 0 Å². The first-order valence-electron chi connectivity index (χ1n) is 10.4. The number of anilines is 1. The molecule has 5 rings (SSSR count). The maximum atomic E-state index is 13.2. The van der Waals surface area contributed by atoms with E-state index in [2.05, 4.69) is 17.0 Å². The summed E-state index contributed by atoms with van der Waals surface area (Å²) in [4.78, 5) is 20.4. The van der Waals surface area contributed by atoms with Crippen LogP contribution in [-0.2, 0) is 11.2 Å². The number of hydrogen-bond acceptors (Lipinski definition) is 5. The van der Waals surface area contributed by atoms with E-state index >= 15 is 0 Å². The van der Waals surface area contributed by atoms with Crippen LogP contribution in [-0.4, -0.2) is 44.2 Å². The highest BCUT2D eigenvalue weighted by atomic mass is 16.5. The third kappa shape index (κ3) is 3.46. The van der Waals surface area contributed by atoms with E-state index in [1.54, 1.807) is 7.11 Å². The Labute approximate surface area is 175 Å². The van der Waals surface area contributed by atoms with Crippen molar-refractivity contribution in [2.75, 3.05) is 38.3 Å². The number of ether oxygens (including phenoxy) is 2. The van der Waals surface area contributed by atoms with Gasteiger partial charge in [0.15, 0.2) is 5.78 Å². The predicted molar refractivity (Wildman–Crippen MR) is 118 cm³/mol. The lowest BCUT2D eigenvalue weighted by atomic mass is 9.86. The van der Waals surface area contributed by atoms with Gasteiger partial charge in [-0.15, -0.1) is 0 Å². The number of benzene rings is 2. The number of methoxy groups -OCH3 is 1. The molecule has 5 heteroatoms. The van der Waals surface area contributed by atoms with Crippen molar-refractivity contribution in [3.05, 3.63) is 70.8 Å². The summed E-state index contributed by atoms with van der Waals surface area (Å²) in [6.45, 7) is 2.99. The van der Waals surface area contributed by atoms with Gasteiger partial charge < -0.3 is 14.4 Å². The van der Waals surface area contributed by atoms with Crippen LogP contribution >= 0.6 is 0 Å². The molecule has 0 bridgehead atoms.